The molecule has 0 aromatic carbocycles. The van der Waals surface area contributed by atoms with Crippen LogP contribution in [0.4, 0.5) is 0 Å². The van der Waals surface area contributed by atoms with Crippen LogP contribution in [0, 0.1) is 6.92 Å². The van der Waals surface area contributed by atoms with E-state index in [4.69, 9.17) is 0 Å². The van der Waals surface area contributed by atoms with E-state index in [0.717, 1.165) is 4.21 Å². The number of allylic oxidation sites excluding steroid dienone is 1. The number of hydrogen-bond acceptors (Lipinski definition) is 2. The molecule has 0 aliphatic carbocycles. The van der Waals surface area contributed by atoms with Gasteiger partial charge in [0.25, 0.3) is 0 Å². The number of rotatable bonds is 1. The second-order valence-corrected chi connectivity index (χ2v) is 4.12. The van der Waals surface area contributed by atoms with Crippen LogP contribution < -0.4 is 0 Å². The van der Waals surface area contributed by atoms with E-state index in [-0.39, 0.29) is 0 Å². The van der Waals surface area contributed by atoms with Gasteiger partial charge in [-0.25, -0.2) is 0 Å². The van der Waals surface area contributed by atoms with Gasteiger partial charge in [-0.2, -0.15) is 0 Å². The molecule has 0 bridgehead atoms. The third kappa shape index (κ3) is 1.64. The molecule has 0 unspecified atom stereocenters. The molecule has 0 aliphatic heterocycles. The third-order valence-electron chi connectivity index (χ3n) is 1.21. The summed E-state index contributed by atoms with van der Waals surface area (Å²) in [6.07, 6.45) is 4.10. The Labute approximate surface area is 71.0 Å². The smallest absolute Gasteiger partial charge is 0.0643 e. The van der Waals surface area contributed by atoms with Crippen molar-refractivity contribution in [1.82, 2.24) is 0 Å². The first-order valence-electron chi connectivity index (χ1n) is 3.16. The number of thiophene rings is 1. The molecule has 2 heteroatoms. The lowest BCUT2D eigenvalue weighted by molar-refractivity contribution is 1.59. The van der Waals surface area contributed by atoms with E-state index in [1.165, 1.54) is 10.4 Å². The van der Waals surface area contributed by atoms with Gasteiger partial charge in [-0.1, -0.05) is 12.2 Å². The summed E-state index contributed by atoms with van der Waals surface area (Å²) in [7, 11) is 0. The molecule has 10 heavy (non-hydrogen) atoms. The van der Waals surface area contributed by atoms with Crippen LogP contribution in [0.15, 0.2) is 16.4 Å². The van der Waals surface area contributed by atoms with Crippen LogP contribution in [0.1, 0.15) is 17.4 Å². The van der Waals surface area contributed by atoms with Crippen LogP contribution in [0.25, 0.3) is 6.08 Å². The molecule has 0 radical (unpaired) electrons. The fourth-order valence-corrected chi connectivity index (χ4v) is 2.13. The predicted octanol–water partition coefficient (Wildman–Crippen LogP) is 3.38. The van der Waals surface area contributed by atoms with Crippen LogP contribution in [0.2, 0.25) is 0 Å². The molecular weight excluding hydrogens is 160 g/mol. The lowest BCUT2D eigenvalue weighted by atomic mass is 10.3. The van der Waals surface area contributed by atoms with E-state index in [2.05, 4.69) is 31.7 Å². The Kier molecular flexibility index (Phi) is 2.57. The Morgan fingerprint density at radius 1 is 1.60 bits per heavy atom. The molecule has 0 nitrogen and oxygen atoms in total. The quantitative estimate of drug-likeness (QED) is 0.614. The first kappa shape index (κ1) is 7.89. The summed E-state index contributed by atoms with van der Waals surface area (Å²) >= 11 is 6.04. The highest BCUT2D eigenvalue weighted by Crippen LogP contribution is 2.25. The first-order valence-corrected chi connectivity index (χ1v) is 4.42. The van der Waals surface area contributed by atoms with Crippen LogP contribution in [-0.4, -0.2) is 0 Å². The second kappa shape index (κ2) is 3.26. The van der Waals surface area contributed by atoms with Gasteiger partial charge in [0.1, 0.15) is 0 Å². The highest BCUT2D eigenvalue weighted by molar-refractivity contribution is 7.83. The van der Waals surface area contributed by atoms with Crippen molar-refractivity contribution in [2.75, 3.05) is 0 Å². The number of aryl methyl sites for hydroxylation is 1. The van der Waals surface area contributed by atoms with E-state index in [9.17, 15) is 0 Å². The average molecular weight is 170 g/mol. The second-order valence-electron chi connectivity index (χ2n) is 2.12. The van der Waals surface area contributed by atoms with Crippen LogP contribution >= 0.6 is 24.0 Å². The van der Waals surface area contributed by atoms with Crippen molar-refractivity contribution in [1.29, 1.82) is 0 Å². The molecule has 0 saturated heterocycles. The molecular formula is C8H10S2. The fraction of sp³-hybridized carbons (Fsp3) is 0.250. The molecule has 0 saturated carbocycles. The summed E-state index contributed by atoms with van der Waals surface area (Å²) in [4.78, 5) is 1.32. The van der Waals surface area contributed by atoms with Crippen molar-refractivity contribution < 1.29 is 0 Å². The maximum atomic E-state index is 4.32. The number of hydrogen-bond donors (Lipinski definition) is 1. The summed E-state index contributed by atoms with van der Waals surface area (Å²) < 4.78 is 1.11. The minimum Gasteiger partial charge on any atom is -0.134 e. The zero-order valence-corrected chi connectivity index (χ0v) is 7.80. The Bertz CT molecular complexity index is 246. The third-order valence-corrected chi connectivity index (χ3v) is 2.61. The van der Waals surface area contributed by atoms with Crippen molar-refractivity contribution in [2.24, 2.45) is 0 Å². The van der Waals surface area contributed by atoms with Gasteiger partial charge in [-0.15, -0.1) is 24.0 Å². The van der Waals surface area contributed by atoms with Crippen LogP contribution in [0.5, 0.6) is 0 Å². The van der Waals surface area contributed by atoms with Crippen molar-refractivity contribution in [3.05, 3.63) is 22.6 Å². The molecule has 0 aliphatic rings. The van der Waals surface area contributed by atoms with Crippen LogP contribution in [0.3, 0.4) is 0 Å². The molecule has 0 fully saturated rings. The maximum Gasteiger partial charge on any atom is 0.0643 e. The van der Waals surface area contributed by atoms with Crippen molar-refractivity contribution >= 4 is 30.0 Å². The van der Waals surface area contributed by atoms with Gasteiger partial charge in [0, 0.05) is 4.88 Å². The number of thiol groups is 1. The summed E-state index contributed by atoms with van der Waals surface area (Å²) in [5.41, 5.74) is 1.23. The summed E-state index contributed by atoms with van der Waals surface area (Å²) in [6.45, 7) is 4.11. The molecule has 0 spiro atoms. The Morgan fingerprint density at radius 3 is 2.70 bits per heavy atom. The molecule has 1 aromatic rings. The van der Waals surface area contributed by atoms with Gasteiger partial charge in [-0.05, 0) is 25.5 Å². The Morgan fingerprint density at radius 2 is 2.30 bits per heavy atom. The monoisotopic (exact) mass is 170 g/mol. The molecule has 54 valence electrons. The zero-order chi connectivity index (χ0) is 7.56. The largest absolute Gasteiger partial charge is 0.134 e. The first-order chi connectivity index (χ1) is 4.74. The van der Waals surface area contributed by atoms with Gasteiger partial charge in [0.2, 0.25) is 0 Å². The molecule has 0 N–H and O–H groups in total. The van der Waals surface area contributed by atoms with E-state index < -0.39 is 0 Å². The molecule has 1 heterocycles. The van der Waals surface area contributed by atoms with Crippen molar-refractivity contribution in [3.63, 3.8) is 0 Å². The van der Waals surface area contributed by atoms with Gasteiger partial charge in [-0.3, -0.25) is 0 Å². The highest BCUT2D eigenvalue weighted by atomic mass is 32.2. The SMILES string of the molecule is C/C=C/c1cc(C)sc1S. The van der Waals surface area contributed by atoms with Crippen LogP contribution in [-0.2, 0) is 0 Å². The standard InChI is InChI=1S/C8H10S2/c1-3-4-7-5-6(2)10-8(7)9/h3-5,9H,1-2H3/b4-3+. The van der Waals surface area contributed by atoms with Gasteiger partial charge in [0.15, 0.2) is 0 Å². The van der Waals surface area contributed by atoms with Crippen molar-refractivity contribution in [3.8, 4) is 0 Å². The zero-order valence-electron chi connectivity index (χ0n) is 6.09. The highest BCUT2D eigenvalue weighted by Gasteiger charge is 1.97. The summed E-state index contributed by atoms with van der Waals surface area (Å²) in [6, 6.07) is 2.15. The summed E-state index contributed by atoms with van der Waals surface area (Å²) in [5, 5.41) is 0. The lowest BCUT2D eigenvalue weighted by Crippen LogP contribution is -1.61. The fourth-order valence-electron chi connectivity index (χ4n) is 0.821. The normalized spacial score (nSPS) is 11.1. The van der Waals surface area contributed by atoms with E-state index in [1.807, 2.05) is 13.0 Å². The molecule has 0 atom stereocenters. The topological polar surface area (TPSA) is 0 Å². The van der Waals surface area contributed by atoms with E-state index in [0.29, 0.717) is 0 Å². The van der Waals surface area contributed by atoms with Gasteiger partial charge < -0.3 is 0 Å². The Balaban J connectivity index is 3.03. The van der Waals surface area contributed by atoms with Gasteiger partial charge >= 0.3 is 0 Å². The summed E-state index contributed by atoms with van der Waals surface area (Å²) in [5.74, 6) is 0. The Hall–Kier alpha value is -0.210. The minimum absolute atomic E-state index is 1.11. The average Bonchev–Trinajstić information content (AvgIpc) is 2.13. The molecule has 1 aromatic heterocycles. The molecule has 1 rings (SSSR count). The minimum atomic E-state index is 1.11. The van der Waals surface area contributed by atoms with E-state index in [1.54, 1.807) is 11.3 Å². The maximum absolute atomic E-state index is 4.32. The predicted molar refractivity (Wildman–Crippen MR) is 51.0 cm³/mol. The molecule has 0 amide bonds. The van der Waals surface area contributed by atoms with E-state index >= 15 is 0 Å². The van der Waals surface area contributed by atoms with Gasteiger partial charge in [0.05, 0.1) is 4.21 Å². The lowest BCUT2D eigenvalue weighted by Gasteiger charge is -1.83. The van der Waals surface area contributed by atoms with Crippen molar-refractivity contribution in [2.45, 2.75) is 18.1 Å².